The lowest BCUT2D eigenvalue weighted by Gasteiger charge is -2.21. The zero-order valence-corrected chi connectivity index (χ0v) is 16.3. The van der Waals surface area contributed by atoms with E-state index in [2.05, 4.69) is 16.0 Å². The third-order valence-electron chi connectivity index (χ3n) is 4.66. The summed E-state index contributed by atoms with van der Waals surface area (Å²) in [5, 5.41) is 8.89. The highest BCUT2D eigenvalue weighted by Gasteiger charge is 2.15. The third kappa shape index (κ3) is 7.52. The van der Waals surface area contributed by atoms with Crippen LogP contribution < -0.4 is 16.0 Å². The molecule has 0 atom stereocenters. The lowest BCUT2D eigenvalue weighted by atomic mass is 9.86. The Balaban J connectivity index is 1.71. The number of hydrogen-bond donors (Lipinski definition) is 3. The van der Waals surface area contributed by atoms with E-state index in [9.17, 15) is 9.59 Å². The highest BCUT2D eigenvalue weighted by Crippen LogP contribution is 2.27. The quantitative estimate of drug-likeness (QED) is 0.609. The number of carbonyl (C=O) groups is 2. The third-order valence-corrected chi connectivity index (χ3v) is 4.87. The van der Waals surface area contributed by atoms with Gasteiger partial charge in [-0.15, -0.1) is 0 Å². The average molecular weight is 376 g/mol. The maximum Gasteiger partial charge on any atom is 0.226 e. The first-order valence-corrected chi connectivity index (χ1v) is 9.98. The molecular weight excluding hydrogens is 346 g/mol. The van der Waals surface area contributed by atoms with E-state index < -0.39 is 0 Å². The van der Waals surface area contributed by atoms with Gasteiger partial charge in [0.15, 0.2) is 5.11 Å². The van der Waals surface area contributed by atoms with Crippen molar-refractivity contribution < 1.29 is 9.59 Å². The second-order valence-electron chi connectivity index (χ2n) is 6.92. The molecule has 1 aromatic carbocycles. The number of carbonyl (C=O) groups excluding carboxylic acids is 2. The predicted molar refractivity (Wildman–Crippen MR) is 110 cm³/mol. The summed E-state index contributed by atoms with van der Waals surface area (Å²) < 4.78 is 0. The number of amides is 2. The van der Waals surface area contributed by atoms with Gasteiger partial charge in [0.2, 0.25) is 11.8 Å². The number of nitrogens with one attached hydrogen (secondary N) is 3. The Hall–Kier alpha value is -1.95. The van der Waals surface area contributed by atoms with Crippen molar-refractivity contribution in [3.8, 4) is 0 Å². The van der Waals surface area contributed by atoms with Crippen molar-refractivity contribution in [3.05, 3.63) is 24.3 Å². The van der Waals surface area contributed by atoms with Crippen LogP contribution >= 0.6 is 12.2 Å². The van der Waals surface area contributed by atoms with Crippen LogP contribution in [0, 0.1) is 5.92 Å². The molecule has 0 radical (unpaired) electrons. The number of benzene rings is 1. The van der Waals surface area contributed by atoms with Gasteiger partial charge < -0.3 is 16.0 Å². The Labute approximate surface area is 161 Å². The Kier molecular flexibility index (Phi) is 8.54. The Bertz CT molecular complexity index is 610. The number of hydrogen-bond acceptors (Lipinski definition) is 3. The molecule has 3 N–H and O–H groups in total. The van der Waals surface area contributed by atoms with Gasteiger partial charge in [-0.1, -0.05) is 39.0 Å². The maximum absolute atomic E-state index is 12.0. The molecule has 1 saturated carbocycles. The van der Waals surface area contributed by atoms with Crippen molar-refractivity contribution in [2.45, 2.75) is 64.7 Å². The molecule has 0 spiro atoms. The smallest absolute Gasteiger partial charge is 0.226 e. The standard InChI is InChI=1S/C20H29N3O2S/c1-2-6-18(24)21-16-10-12-17(13-11-16)22-20(26)23-19(25)14-9-15-7-4-3-5-8-15/h10-13,15H,2-9,14H2,1H3,(H,21,24)(H2,22,23,25,26). The van der Waals surface area contributed by atoms with Crippen LogP contribution in [0.2, 0.25) is 0 Å². The van der Waals surface area contributed by atoms with Gasteiger partial charge in [0.05, 0.1) is 0 Å². The summed E-state index contributed by atoms with van der Waals surface area (Å²) in [4.78, 5) is 23.6. The summed E-state index contributed by atoms with van der Waals surface area (Å²) in [5.74, 6) is 0.664. The van der Waals surface area contributed by atoms with E-state index in [1.54, 1.807) is 0 Å². The minimum Gasteiger partial charge on any atom is -0.332 e. The van der Waals surface area contributed by atoms with E-state index in [1.165, 1.54) is 32.1 Å². The second-order valence-corrected chi connectivity index (χ2v) is 7.33. The van der Waals surface area contributed by atoms with Gasteiger partial charge in [-0.3, -0.25) is 9.59 Å². The van der Waals surface area contributed by atoms with Crippen LogP contribution in [0.3, 0.4) is 0 Å². The van der Waals surface area contributed by atoms with Crippen molar-refractivity contribution in [1.82, 2.24) is 5.32 Å². The maximum atomic E-state index is 12.0. The molecule has 26 heavy (non-hydrogen) atoms. The van der Waals surface area contributed by atoms with Crippen molar-refractivity contribution in [3.63, 3.8) is 0 Å². The molecule has 0 bridgehead atoms. The summed E-state index contributed by atoms with van der Waals surface area (Å²) in [7, 11) is 0. The predicted octanol–water partition coefficient (Wildman–Crippen LogP) is 4.60. The van der Waals surface area contributed by atoms with E-state index in [0.29, 0.717) is 23.9 Å². The summed E-state index contributed by atoms with van der Waals surface area (Å²) >= 11 is 5.21. The zero-order chi connectivity index (χ0) is 18.8. The fourth-order valence-corrected chi connectivity index (χ4v) is 3.48. The Morgan fingerprint density at radius 2 is 1.58 bits per heavy atom. The van der Waals surface area contributed by atoms with Gasteiger partial charge in [0, 0.05) is 24.2 Å². The first-order chi connectivity index (χ1) is 12.6. The molecule has 6 heteroatoms. The summed E-state index contributed by atoms with van der Waals surface area (Å²) in [5.41, 5.74) is 1.52. The fraction of sp³-hybridized carbons (Fsp3) is 0.550. The molecule has 142 valence electrons. The summed E-state index contributed by atoms with van der Waals surface area (Å²) in [6.07, 6.45) is 9.21. The van der Waals surface area contributed by atoms with Crippen LogP contribution in [0.4, 0.5) is 11.4 Å². The molecule has 1 aromatic rings. The van der Waals surface area contributed by atoms with Gasteiger partial charge in [-0.05, 0) is 55.2 Å². The van der Waals surface area contributed by atoms with Crippen molar-refractivity contribution in [2.75, 3.05) is 10.6 Å². The average Bonchev–Trinajstić information content (AvgIpc) is 2.62. The van der Waals surface area contributed by atoms with E-state index in [0.717, 1.165) is 24.2 Å². The lowest BCUT2D eigenvalue weighted by molar-refractivity contribution is -0.120. The van der Waals surface area contributed by atoms with Crippen molar-refractivity contribution >= 4 is 40.5 Å². The summed E-state index contributed by atoms with van der Waals surface area (Å²) in [6, 6.07) is 7.26. The van der Waals surface area contributed by atoms with Crippen LogP contribution in [0.15, 0.2) is 24.3 Å². The van der Waals surface area contributed by atoms with Gasteiger partial charge >= 0.3 is 0 Å². The molecular formula is C20H29N3O2S. The van der Waals surface area contributed by atoms with Crippen LogP contribution in [0.25, 0.3) is 0 Å². The van der Waals surface area contributed by atoms with Crippen molar-refractivity contribution in [2.24, 2.45) is 5.92 Å². The number of thiocarbonyl (C=S) groups is 1. The van der Waals surface area contributed by atoms with Crippen LogP contribution in [-0.4, -0.2) is 16.9 Å². The number of anilines is 2. The van der Waals surface area contributed by atoms with E-state index in [-0.39, 0.29) is 11.8 Å². The van der Waals surface area contributed by atoms with Crippen molar-refractivity contribution in [1.29, 1.82) is 0 Å². The molecule has 5 nitrogen and oxygen atoms in total. The second kappa shape index (κ2) is 10.9. The van der Waals surface area contributed by atoms with Crippen LogP contribution in [-0.2, 0) is 9.59 Å². The monoisotopic (exact) mass is 375 g/mol. The molecule has 0 aromatic heterocycles. The molecule has 1 aliphatic carbocycles. The van der Waals surface area contributed by atoms with E-state index >= 15 is 0 Å². The van der Waals surface area contributed by atoms with Gasteiger partial charge in [-0.25, -0.2) is 0 Å². The normalized spacial score (nSPS) is 14.5. The largest absolute Gasteiger partial charge is 0.332 e. The SMILES string of the molecule is CCCC(=O)Nc1ccc(NC(=S)NC(=O)CCC2CCCCC2)cc1. The fourth-order valence-electron chi connectivity index (χ4n) is 3.25. The molecule has 0 saturated heterocycles. The molecule has 2 amide bonds. The Morgan fingerprint density at radius 1 is 0.962 bits per heavy atom. The minimum atomic E-state index is -0.0310. The Morgan fingerprint density at radius 3 is 2.19 bits per heavy atom. The first kappa shape index (κ1) is 20.4. The molecule has 0 heterocycles. The molecule has 2 rings (SSSR count). The molecule has 1 aliphatic rings. The van der Waals surface area contributed by atoms with E-state index in [4.69, 9.17) is 12.2 Å². The van der Waals surface area contributed by atoms with Gasteiger partial charge in [-0.2, -0.15) is 0 Å². The van der Waals surface area contributed by atoms with Crippen LogP contribution in [0.5, 0.6) is 0 Å². The summed E-state index contributed by atoms with van der Waals surface area (Å²) in [6.45, 7) is 1.97. The highest BCUT2D eigenvalue weighted by molar-refractivity contribution is 7.80. The highest BCUT2D eigenvalue weighted by atomic mass is 32.1. The zero-order valence-electron chi connectivity index (χ0n) is 15.5. The minimum absolute atomic E-state index is 0.00830. The molecule has 0 unspecified atom stereocenters. The first-order valence-electron chi connectivity index (χ1n) is 9.57. The van der Waals surface area contributed by atoms with E-state index in [1.807, 2.05) is 31.2 Å². The lowest BCUT2D eigenvalue weighted by Crippen LogP contribution is -2.34. The van der Waals surface area contributed by atoms with Crippen LogP contribution in [0.1, 0.15) is 64.7 Å². The molecule has 0 aliphatic heterocycles. The van der Waals surface area contributed by atoms with Gasteiger partial charge in [0.1, 0.15) is 0 Å². The molecule has 1 fully saturated rings. The number of rotatable bonds is 7. The van der Waals surface area contributed by atoms with Gasteiger partial charge in [0.25, 0.3) is 0 Å². The topological polar surface area (TPSA) is 70.2 Å².